The Morgan fingerprint density at radius 1 is 0.923 bits per heavy atom. The van der Waals surface area contributed by atoms with Crippen molar-refractivity contribution < 1.29 is 25.9 Å². The molecule has 4 atom stereocenters. The molecular formula is C29H42N2O6S2. The summed E-state index contributed by atoms with van der Waals surface area (Å²) in [5, 5.41) is -1.01. The van der Waals surface area contributed by atoms with Crippen molar-refractivity contribution in [2.24, 2.45) is 28.7 Å². The molecule has 4 aliphatic carbocycles. The van der Waals surface area contributed by atoms with Gasteiger partial charge < -0.3 is 4.90 Å². The number of allylic oxidation sites excluding steroid dienone is 9. The number of rotatable bonds is 8. The Morgan fingerprint density at radius 3 is 2.10 bits per heavy atom. The molecule has 4 unspecified atom stereocenters. The molecule has 0 radical (unpaired) electrons. The Balaban J connectivity index is 1.76. The van der Waals surface area contributed by atoms with Crippen molar-refractivity contribution in [2.75, 3.05) is 19.6 Å². The smallest absolute Gasteiger partial charge is 0.294 e. The van der Waals surface area contributed by atoms with E-state index in [-0.39, 0.29) is 35.5 Å². The largest absolute Gasteiger partial charge is 0.301 e. The molecule has 216 valence electrons. The van der Waals surface area contributed by atoms with Gasteiger partial charge in [0, 0.05) is 12.6 Å². The number of fused-ring (bicyclic) bond motifs is 1. The van der Waals surface area contributed by atoms with E-state index in [0.717, 1.165) is 50.1 Å². The zero-order chi connectivity index (χ0) is 28.4. The molecule has 2 fully saturated rings. The highest BCUT2D eigenvalue weighted by Crippen LogP contribution is 2.50. The van der Waals surface area contributed by atoms with E-state index in [1.54, 1.807) is 0 Å². The molecule has 0 aromatic carbocycles. The third kappa shape index (κ3) is 6.90. The van der Waals surface area contributed by atoms with Gasteiger partial charge in [-0.2, -0.15) is 16.8 Å². The highest BCUT2D eigenvalue weighted by atomic mass is 32.2. The summed E-state index contributed by atoms with van der Waals surface area (Å²) in [4.78, 5) is 6.78. The fourth-order valence-corrected chi connectivity index (χ4v) is 8.67. The summed E-state index contributed by atoms with van der Waals surface area (Å²) in [7, 11) is -8.78. The number of hydrogen-bond donors (Lipinski definition) is 2. The van der Waals surface area contributed by atoms with Crippen LogP contribution < -0.4 is 0 Å². The van der Waals surface area contributed by atoms with Crippen LogP contribution in [-0.4, -0.2) is 67.5 Å². The van der Waals surface area contributed by atoms with E-state index < -0.39 is 31.4 Å². The molecule has 0 aromatic rings. The molecule has 8 nitrogen and oxygen atoms in total. The van der Waals surface area contributed by atoms with Crippen LogP contribution >= 0.6 is 0 Å². The van der Waals surface area contributed by atoms with Crippen molar-refractivity contribution in [3.8, 4) is 0 Å². The first kappa shape index (κ1) is 30.1. The van der Waals surface area contributed by atoms with Crippen LogP contribution in [0.15, 0.2) is 63.6 Å². The topological polar surface area (TPSA) is 124 Å². The predicted molar refractivity (Wildman–Crippen MR) is 156 cm³/mol. The maximum atomic E-state index is 12.4. The summed E-state index contributed by atoms with van der Waals surface area (Å²) in [6.45, 7) is 9.08. The Morgan fingerprint density at radius 2 is 1.56 bits per heavy atom. The van der Waals surface area contributed by atoms with Gasteiger partial charge in [-0.15, -0.1) is 0 Å². The molecule has 4 rings (SSSR count). The summed E-state index contributed by atoms with van der Waals surface area (Å²) in [6.07, 6.45) is 17.3. The van der Waals surface area contributed by atoms with Crippen LogP contribution in [0.5, 0.6) is 0 Å². The van der Waals surface area contributed by atoms with Gasteiger partial charge in [0.1, 0.15) is 0 Å². The fraction of sp³-hybridized carbons (Fsp3) is 0.621. The van der Waals surface area contributed by atoms with Crippen LogP contribution in [0.4, 0.5) is 0 Å². The van der Waals surface area contributed by atoms with Crippen LogP contribution in [-0.2, 0) is 20.2 Å². The zero-order valence-electron chi connectivity index (χ0n) is 23.1. The summed E-state index contributed by atoms with van der Waals surface area (Å²) < 4.78 is 68.5. The molecule has 0 saturated heterocycles. The lowest BCUT2D eigenvalue weighted by molar-refractivity contribution is 0.147. The van der Waals surface area contributed by atoms with Gasteiger partial charge in [-0.25, -0.2) is 0 Å². The lowest BCUT2D eigenvalue weighted by Gasteiger charge is -2.45. The van der Waals surface area contributed by atoms with Crippen molar-refractivity contribution in [1.82, 2.24) is 4.90 Å². The molecular weight excluding hydrogens is 536 g/mol. The van der Waals surface area contributed by atoms with Gasteiger partial charge in [0.2, 0.25) is 0 Å². The fourth-order valence-electron chi connectivity index (χ4n) is 7.16. The monoisotopic (exact) mass is 578 g/mol. The molecule has 4 aliphatic rings. The van der Waals surface area contributed by atoms with Gasteiger partial charge in [-0.1, -0.05) is 43.7 Å². The minimum absolute atomic E-state index is 0.111. The van der Waals surface area contributed by atoms with Gasteiger partial charge in [0.25, 0.3) is 20.2 Å². The maximum Gasteiger partial charge on any atom is 0.294 e. The normalized spacial score (nSPS) is 31.3. The average molecular weight is 579 g/mol. The predicted octanol–water partition coefficient (Wildman–Crippen LogP) is 5.01. The van der Waals surface area contributed by atoms with Gasteiger partial charge in [0.15, 0.2) is 0 Å². The van der Waals surface area contributed by atoms with Gasteiger partial charge in [-0.05, 0) is 106 Å². The first-order valence-electron chi connectivity index (χ1n) is 14.2. The standard InChI is InChI=1S/C29H42N2O6S2/c1-4-30-23-11-7-20(8-12-23)29(21-9-13-24(14-10-21)31(5-2)6-3)28-19-26(39(35,36)37)18-22-17-25(38(32,33)34)15-16-27(22)28/h7-8,11-12,15-17,21-22,24,26-28H,4-6,9-10,13-14,18-19H2,1-3H3,(H,32,33,34)(H,35,36,37). The summed E-state index contributed by atoms with van der Waals surface area (Å²) in [6, 6.07) is 0.530. The maximum absolute atomic E-state index is 12.4. The minimum Gasteiger partial charge on any atom is -0.301 e. The third-order valence-corrected chi connectivity index (χ3v) is 11.1. The van der Waals surface area contributed by atoms with Crippen molar-refractivity contribution >= 4 is 25.9 Å². The van der Waals surface area contributed by atoms with Crippen molar-refractivity contribution in [3.05, 3.63) is 58.6 Å². The van der Waals surface area contributed by atoms with Crippen molar-refractivity contribution in [3.63, 3.8) is 0 Å². The first-order chi connectivity index (χ1) is 18.5. The van der Waals surface area contributed by atoms with E-state index >= 15 is 0 Å². The van der Waals surface area contributed by atoms with Crippen LogP contribution in [0.1, 0.15) is 59.3 Å². The van der Waals surface area contributed by atoms with E-state index in [1.807, 2.05) is 25.2 Å². The molecule has 10 heteroatoms. The molecule has 39 heavy (non-hydrogen) atoms. The lowest BCUT2D eigenvalue weighted by Crippen LogP contribution is -2.42. The highest BCUT2D eigenvalue weighted by molar-refractivity contribution is 7.90. The van der Waals surface area contributed by atoms with E-state index in [4.69, 9.17) is 0 Å². The summed E-state index contributed by atoms with van der Waals surface area (Å²) >= 11 is 0. The van der Waals surface area contributed by atoms with E-state index in [2.05, 4.69) is 35.9 Å². The Kier molecular flexibility index (Phi) is 9.53. The molecule has 0 amide bonds. The molecule has 0 heterocycles. The molecule has 2 N–H and O–H groups in total. The van der Waals surface area contributed by atoms with Crippen LogP contribution in [0.2, 0.25) is 0 Å². The van der Waals surface area contributed by atoms with Crippen LogP contribution in [0.3, 0.4) is 0 Å². The highest BCUT2D eigenvalue weighted by Gasteiger charge is 2.45. The SMILES string of the molecule is CCN=C1C=CC(=C(C2CCC(N(CC)CC)CC2)C2CC(S(=O)(=O)O)CC3C=C(S(=O)(=O)O)C=CC32)C=C1. The summed E-state index contributed by atoms with van der Waals surface area (Å²) in [5.41, 5.74) is 3.13. The third-order valence-electron chi connectivity index (χ3n) is 9.00. The minimum atomic E-state index is -4.43. The van der Waals surface area contributed by atoms with Crippen LogP contribution in [0.25, 0.3) is 0 Å². The number of nitrogens with zero attached hydrogens (tertiary/aromatic N) is 2. The average Bonchev–Trinajstić information content (AvgIpc) is 2.90. The molecule has 2 saturated carbocycles. The molecule has 0 aromatic heterocycles. The quantitative estimate of drug-likeness (QED) is 0.388. The molecule has 0 bridgehead atoms. The van der Waals surface area contributed by atoms with E-state index in [9.17, 15) is 25.9 Å². The van der Waals surface area contributed by atoms with E-state index in [0.29, 0.717) is 12.6 Å². The Hall–Kier alpha value is -1.85. The second-order valence-corrected chi connectivity index (χ2v) is 14.2. The molecule has 0 spiro atoms. The van der Waals surface area contributed by atoms with Crippen molar-refractivity contribution in [1.29, 1.82) is 0 Å². The van der Waals surface area contributed by atoms with Gasteiger partial charge in [-0.3, -0.25) is 14.1 Å². The second-order valence-electron chi connectivity index (χ2n) is 11.1. The van der Waals surface area contributed by atoms with Gasteiger partial charge >= 0.3 is 0 Å². The van der Waals surface area contributed by atoms with E-state index in [1.165, 1.54) is 17.7 Å². The lowest BCUT2D eigenvalue weighted by atomic mass is 9.62. The second kappa shape index (κ2) is 12.3. The summed E-state index contributed by atoms with van der Waals surface area (Å²) in [5.74, 6) is -0.523. The number of hydrogen-bond acceptors (Lipinski definition) is 6. The van der Waals surface area contributed by atoms with Crippen LogP contribution in [0, 0.1) is 23.7 Å². The Bertz CT molecular complexity index is 1290. The first-order valence-corrected chi connectivity index (χ1v) is 17.1. The molecule has 0 aliphatic heterocycles. The Labute approximate surface area is 233 Å². The zero-order valence-corrected chi connectivity index (χ0v) is 24.7. The van der Waals surface area contributed by atoms with Crippen molar-refractivity contribution in [2.45, 2.75) is 70.6 Å². The van der Waals surface area contributed by atoms with Gasteiger partial charge in [0.05, 0.1) is 15.9 Å². The number of aliphatic imine (C=N–C) groups is 1.